The molecule has 0 aromatic rings. The fourth-order valence-electron chi connectivity index (χ4n) is 1.01. The maximum atomic E-state index is 5.57. The van der Waals surface area contributed by atoms with Gasteiger partial charge in [-0.05, 0) is 35.2 Å². The number of hydrogen-bond acceptors (Lipinski definition) is 1. The average molecular weight is 296 g/mol. The Bertz CT molecular complexity index is 219. The molecule has 0 unspecified atom stereocenters. The van der Waals surface area contributed by atoms with Gasteiger partial charge in [-0.3, -0.25) is 0 Å². The third-order valence-corrected chi connectivity index (χ3v) is 3.04. The Morgan fingerprint density at radius 1 is 1.50 bits per heavy atom. The zero-order chi connectivity index (χ0) is 8.97. The lowest BCUT2D eigenvalue weighted by Crippen LogP contribution is -1.99. The molecule has 0 spiro atoms. The topological polar surface area (TPSA) is 9.23 Å². The van der Waals surface area contributed by atoms with Gasteiger partial charge in [-0.15, -0.1) is 0 Å². The van der Waals surface area contributed by atoms with Crippen LogP contribution in [-0.4, -0.2) is 6.61 Å². The van der Waals surface area contributed by atoms with E-state index in [1.165, 1.54) is 4.48 Å². The van der Waals surface area contributed by atoms with Gasteiger partial charge in [0.1, 0.15) is 5.76 Å². The Morgan fingerprint density at radius 3 is 2.83 bits per heavy atom. The van der Waals surface area contributed by atoms with E-state index in [9.17, 15) is 0 Å². The zero-order valence-electron chi connectivity index (χ0n) is 7.07. The predicted octanol–water partition coefficient (Wildman–Crippen LogP) is 4.09. The molecular formula is C9H12Br2O. The van der Waals surface area contributed by atoms with Crippen LogP contribution in [0.3, 0.4) is 0 Å². The number of hydrogen-bond donors (Lipinski definition) is 0. The van der Waals surface area contributed by atoms with Crippen LogP contribution in [0.5, 0.6) is 0 Å². The first-order chi connectivity index (χ1) is 5.75. The van der Waals surface area contributed by atoms with Gasteiger partial charge in [0.2, 0.25) is 0 Å². The van der Waals surface area contributed by atoms with E-state index in [0.717, 1.165) is 36.1 Å². The summed E-state index contributed by atoms with van der Waals surface area (Å²) in [6.45, 7) is 2.89. The lowest BCUT2D eigenvalue weighted by molar-refractivity contribution is 0.221. The quantitative estimate of drug-likeness (QED) is 0.762. The van der Waals surface area contributed by atoms with Crippen LogP contribution in [0.25, 0.3) is 0 Å². The summed E-state index contributed by atoms with van der Waals surface area (Å²) >= 11 is 6.98. The molecule has 0 aromatic heterocycles. The van der Waals surface area contributed by atoms with Crippen LogP contribution in [-0.2, 0) is 4.74 Å². The van der Waals surface area contributed by atoms with Gasteiger partial charge in [-0.25, -0.2) is 0 Å². The highest BCUT2D eigenvalue weighted by Gasteiger charge is 2.12. The first-order valence-electron chi connectivity index (χ1n) is 4.13. The molecule has 0 saturated carbocycles. The highest BCUT2D eigenvalue weighted by Crippen LogP contribution is 2.33. The van der Waals surface area contributed by atoms with Crippen molar-refractivity contribution < 1.29 is 4.74 Å². The summed E-state index contributed by atoms with van der Waals surface area (Å²) in [5, 5.41) is 0. The number of halogens is 2. The van der Waals surface area contributed by atoms with Crippen LogP contribution in [0, 0.1) is 0 Å². The first-order valence-corrected chi connectivity index (χ1v) is 5.71. The summed E-state index contributed by atoms with van der Waals surface area (Å²) in [5.41, 5.74) is 0. The van der Waals surface area contributed by atoms with Gasteiger partial charge in [0, 0.05) is 4.48 Å². The highest BCUT2D eigenvalue weighted by atomic mass is 79.9. The predicted molar refractivity (Wildman–Crippen MR) is 58.4 cm³/mol. The standard InChI is InChI=1S/C9H12Br2O/c1-2-6-12-9-7(10)4-3-5-8(9)11/h4H,2-3,5-6H2,1H3. The second-order valence-corrected chi connectivity index (χ2v) is 4.48. The van der Waals surface area contributed by atoms with Crippen LogP contribution in [0.15, 0.2) is 20.8 Å². The lowest BCUT2D eigenvalue weighted by Gasteiger charge is -2.15. The molecule has 1 aliphatic carbocycles. The van der Waals surface area contributed by atoms with Gasteiger partial charge >= 0.3 is 0 Å². The molecule has 0 fully saturated rings. The molecular weight excluding hydrogens is 284 g/mol. The number of rotatable bonds is 3. The number of allylic oxidation sites excluding steroid dienone is 3. The summed E-state index contributed by atoms with van der Waals surface area (Å²) in [4.78, 5) is 0. The Balaban J connectivity index is 2.63. The molecule has 0 aliphatic heterocycles. The van der Waals surface area contributed by atoms with Gasteiger partial charge in [0.05, 0.1) is 11.1 Å². The van der Waals surface area contributed by atoms with Crippen LogP contribution < -0.4 is 0 Å². The summed E-state index contributed by atoms with van der Waals surface area (Å²) < 4.78 is 7.82. The Kier molecular flexibility index (Phi) is 4.36. The molecule has 1 rings (SSSR count). The van der Waals surface area contributed by atoms with Crippen molar-refractivity contribution in [3.05, 3.63) is 20.8 Å². The van der Waals surface area contributed by atoms with Gasteiger partial charge < -0.3 is 4.74 Å². The van der Waals surface area contributed by atoms with Crippen LogP contribution >= 0.6 is 31.9 Å². The van der Waals surface area contributed by atoms with Crippen molar-refractivity contribution in [1.82, 2.24) is 0 Å². The first kappa shape index (κ1) is 10.3. The molecule has 0 N–H and O–H groups in total. The second kappa shape index (κ2) is 5.07. The molecule has 1 nitrogen and oxygen atoms in total. The van der Waals surface area contributed by atoms with Crippen molar-refractivity contribution in [2.24, 2.45) is 0 Å². The highest BCUT2D eigenvalue weighted by molar-refractivity contribution is 9.12. The third-order valence-electron chi connectivity index (χ3n) is 1.60. The molecule has 68 valence electrons. The molecule has 0 radical (unpaired) electrons. The largest absolute Gasteiger partial charge is 0.492 e. The summed E-state index contributed by atoms with van der Waals surface area (Å²) in [7, 11) is 0. The number of ether oxygens (including phenoxy) is 1. The van der Waals surface area contributed by atoms with Crippen LogP contribution in [0.1, 0.15) is 26.2 Å². The third kappa shape index (κ3) is 2.63. The minimum Gasteiger partial charge on any atom is -0.492 e. The normalized spacial score (nSPS) is 17.8. The summed E-state index contributed by atoms with van der Waals surface area (Å²) in [6, 6.07) is 0. The maximum absolute atomic E-state index is 5.57. The van der Waals surface area contributed by atoms with E-state index in [2.05, 4.69) is 44.9 Å². The molecule has 0 heterocycles. The van der Waals surface area contributed by atoms with Gasteiger partial charge in [0.15, 0.2) is 0 Å². The molecule has 0 bridgehead atoms. The molecule has 0 atom stereocenters. The monoisotopic (exact) mass is 294 g/mol. The zero-order valence-corrected chi connectivity index (χ0v) is 10.2. The molecule has 0 amide bonds. The van der Waals surface area contributed by atoms with Gasteiger partial charge in [-0.2, -0.15) is 0 Å². The fraction of sp³-hybridized carbons (Fsp3) is 0.556. The van der Waals surface area contributed by atoms with E-state index in [4.69, 9.17) is 4.74 Å². The summed E-state index contributed by atoms with van der Waals surface area (Å²) in [6.07, 6.45) is 5.33. The van der Waals surface area contributed by atoms with E-state index in [1.807, 2.05) is 0 Å². The molecule has 0 aromatic carbocycles. The molecule has 0 saturated heterocycles. The minimum atomic E-state index is 0.785. The van der Waals surface area contributed by atoms with Crippen molar-refractivity contribution in [2.75, 3.05) is 6.61 Å². The van der Waals surface area contributed by atoms with Crippen molar-refractivity contribution in [1.29, 1.82) is 0 Å². The van der Waals surface area contributed by atoms with E-state index < -0.39 is 0 Å². The smallest absolute Gasteiger partial charge is 0.143 e. The molecule has 3 heteroatoms. The Hall–Kier alpha value is 0.240. The van der Waals surface area contributed by atoms with Gasteiger partial charge in [0.25, 0.3) is 0 Å². The van der Waals surface area contributed by atoms with E-state index in [-0.39, 0.29) is 0 Å². The summed E-state index contributed by atoms with van der Waals surface area (Å²) in [5.74, 6) is 0.975. The minimum absolute atomic E-state index is 0.785. The maximum Gasteiger partial charge on any atom is 0.143 e. The van der Waals surface area contributed by atoms with Crippen molar-refractivity contribution in [3.8, 4) is 0 Å². The fourth-order valence-corrected chi connectivity index (χ4v) is 2.42. The second-order valence-electron chi connectivity index (χ2n) is 2.67. The Labute approximate surface area is 90.1 Å². The Morgan fingerprint density at radius 2 is 2.25 bits per heavy atom. The van der Waals surface area contributed by atoms with Crippen molar-refractivity contribution in [2.45, 2.75) is 26.2 Å². The van der Waals surface area contributed by atoms with Gasteiger partial charge in [-0.1, -0.05) is 28.9 Å². The van der Waals surface area contributed by atoms with Crippen LogP contribution in [0.2, 0.25) is 0 Å². The van der Waals surface area contributed by atoms with Crippen molar-refractivity contribution >= 4 is 31.9 Å². The van der Waals surface area contributed by atoms with E-state index in [1.54, 1.807) is 0 Å². The molecule has 12 heavy (non-hydrogen) atoms. The van der Waals surface area contributed by atoms with E-state index >= 15 is 0 Å². The lowest BCUT2D eigenvalue weighted by atomic mass is 10.2. The van der Waals surface area contributed by atoms with Crippen LogP contribution in [0.4, 0.5) is 0 Å². The van der Waals surface area contributed by atoms with E-state index in [0.29, 0.717) is 0 Å². The molecule has 1 aliphatic rings. The van der Waals surface area contributed by atoms with Crippen molar-refractivity contribution in [3.63, 3.8) is 0 Å². The average Bonchev–Trinajstić information content (AvgIpc) is 2.04. The SMILES string of the molecule is CCCOC1=C(Br)CCC=C1Br.